The molecule has 0 spiro atoms. The van der Waals surface area contributed by atoms with Gasteiger partial charge >= 0.3 is 5.97 Å². The zero-order valence-corrected chi connectivity index (χ0v) is 20.3. The van der Waals surface area contributed by atoms with E-state index in [9.17, 15) is 14.3 Å². The van der Waals surface area contributed by atoms with Crippen LogP contribution in [0.1, 0.15) is 34.2 Å². The molecule has 3 aliphatic rings. The van der Waals surface area contributed by atoms with Crippen LogP contribution in [-0.2, 0) is 16.1 Å². The molecule has 9 heteroatoms. The molecule has 2 heterocycles. The fourth-order valence-corrected chi connectivity index (χ4v) is 5.79. The molecular weight excluding hydrogens is 481 g/mol. The minimum absolute atomic E-state index is 0.111. The van der Waals surface area contributed by atoms with Gasteiger partial charge in [-0.3, -0.25) is 4.79 Å². The second-order valence-electron chi connectivity index (χ2n) is 9.39. The first-order valence-electron chi connectivity index (χ1n) is 12.0. The Morgan fingerprint density at radius 3 is 2.38 bits per heavy atom. The van der Waals surface area contributed by atoms with Crippen molar-refractivity contribution in [1.29, 1.82) is 0 Å². The number of nitrogens with one attached hydrogen (secondary N) is 1. The molecule has 1 aliphatic carbocycles. The van der Waals surface area contributed by atoms with Gasteiger partial charge in [0.05, 0.1) is 26.7 Å². The van der Waals surface area contributed by atoms with Gasteiger partial charge in [-0.1, -0.05) is 12.1 Å². The lowest BCUT2D eigenvalue weighted by Crippen LogP contribution is -2.40. The summed E-state index contributed by atoms with van der Waals surface area (Å²) >= 11 is 0. The van der Waals surface area contributed by atoms with Crippen LogP contribution in [0.5, 0.6) is 28.7 Å². The number of phenolic OH excluding ortho intramolecular Hbond substituents is 1. The third-order valence-corrected chi connectivity index (χ3v) is 7.46. The number of hydrogen-bond donors (Lipinski definition) is 2. The predicted molar refractivity (Wildman–Crippen MR) is 130 cm³/mol. The van der Waals surface area contributed by atoms with Crippen LogP contribution in [0.2, 0.25) is 0 Å². The average molecular weight is 508 g/mol. The summed E-state index contributed by atoms with van der Waals surface area (Å²) in [6.45, 7) is 0.750. The van der Waals surface area contributed by atoms with Crippen LogP contribution in [0, 0.1) is 17.7 Å². The molecule has 0 radical (unpaired) electrons. The molecule has 0 bridgehead atoms. The number of halogens is 1. The first kappa shape index (κ1) is 23.4. The Bertz CT molecular complexity index is 1350. The summed E-state index contributed by atoms with van der Waals surface area (Å²) in [5.74, 6) is -0.162. The summed E-state index contributed by atoms with van der Waals surface area (Å²) in [5.41, 5.74) is 3.34. The van der Waals surface area contributed by atoms with Gasteiger partial charge in [-0.2, -0.15) is 0 Å². The normalized spacial score (nSPS) is 23.3. The number of carbonyl (C=O) groups excluding carboxylic acids is 1. The number of carbonyl (C=O) groups is 1. The van der Waals surface area contributed by atoms with E-state index in [-0.39, 0.29) is 54.4 Å². The zero-order chi connectivity index (χ0) is 25.7. The van der Waals surface area contributed by atoms with Crippen molar-refractivity contribution in [3.63, 3.8) is 0 Å². The maximum atomic E-state index is 13.8. The van der Waals surface area contributed by atoms with Crippen LogP contribution in [-0.4, -0.2) is 38.7 Å². The van der Waals surface area contributed by atoms with Gasteiger partial charge < -0.3 is 34.1 Å². The van der Waals surface area contributed by atoms with Crippen LogP contribution < -0.4 is 24.3 Å². The molecule has 6 rings (SSSR count). The molecular formula is C28H26FNO7. The van der Waals surface area contributed by atoms with E-state index in [4.69, 9.17) is 23.7 Å². The van der Waals surface area contributed by atoms with E-state index in [1.54, 1.807) is 18.2 Å². The van der Waals surface area contributed by atoms with Crippen molar-refractivity contribution in [3.8, 4) is 28.7 Å². The summed E-state index contributed by atoms with van der Waals surface area (Å²) in [7, 11) is 2.92. The minimum atomic E-state index is -0.517. The highest BCUT2D eigenvalue weighted by atomic mass is 19.1. The third-order valence-electron chi connectivity index (χ3n) is 7.46. The summed E-state index contributed by atoms with van der Waals surface area (Å²) in [5, 5.41) is 14.0. The molecule has 2 N–H and O–H groups in total. The smallest absolute Gasteiger partial charge is 0.310 e. The molecule has 1 saturated heterocycles. The predicted octanol–water partition coefficient (Wildman–Crippen LogP) is 4.04. The minimum Gasteiger partial charge on any atom is -0.502 e. The van der Waals surface area contributed by atoms with E-state index in [1.807, 2.05) is 18.2 Å². The number of phenols is 1. The van der Waals surface area contributed by atoms with Gasteiger partial charge in [-0.15, -0.1) is 0 Å². The lowest BCUT2D eigenvalue weighted by atomic mass is 9.65. The average Bonchev–Trinajstić information content (AvgIpc) is 3.52. The molecule has 2 aliphatic heterocycles. The molecule has 4 atom stereocenters. The fourth-order valence-electron chi connectivity index (χ4n) is 5.79. The molecule has 0 amide bonds. The van der Waals surface area contributed by atoms with E-state index in [0.717, 1.165) is 22.3 Å². The highest BCUT2D eigenvalue weighted by Gasteiger charge is 2.52. The third kappa shape index (κ3) is 3.90. The number of ether oxygens (including phenoxy) is 5. The van der Waals surface area contributed by atoms with Gasteiger partial charge in [0.1, 0.15) is 5.82 Å². The standard InChI is InChI=1S/C28H26FNO7/c1-33-22-7-15(8-23(34-2)27(22)31)24-17-9-20-21(37-13-36-20)10-18(17)26(19-12-35-28(32)25(19)24)30-11-14-4-3-5-16(29)6-14/h3-10,19,24-26,30-31H,11-13H2,1-2H3/t19-,24+,25-,26+/m0/s1. The van der Waals surface area contributed by atoms with Gasteiger partial charge in [0.25, 0.3) is 0 Å². The molecule has 8 nitrogen and oxygen atoms in total. The molecule has 1 fully saturated rings. The van der Waals surface area contributed by atoms with Crippen molar-refractivity contribution in [2.75, 3.05) is 27.6 Å². The number of cyclic esters (lactones) is 1. The maximum Gasteiger partial charge on any atom is 0.310 e. The number of rotatable bonds is 6. The first-order chi connectivity index (χ1) is 18.0. The highest BCUT2D eigenvalue weighted by molar-refractivity contribution is 5.79. The Hall–Kier alpha value is -3.98. The van der Waals surface area contributed by atoms with Gasteiger partial charge in [0, 0.05) is 24.4 Å². The molecule has 0 aromatic heterocycles. The second kappa shape index (κ2) is 9.15. The van der Waals surface area contributed by atoms with Crippen molar-refractivity contribution < 1.29 is 38.0 Å². The van der Waals surface area contributed by atoms with E-state index >= 15 is 0 Å². The number of methoxy groups -OCH3 is 2. The lowest BCUT2D eigenvalue weighted by Gasteiger charge is -2.39. The number of esters is 1. The summed E-state index contributed by atoms with van der Waals surface area (Å²) in [6.07, 6.45) is 0. The van der Waals surface area contributed by atoms with Crippen molar-refractivity contribution in [2.24, 2.45) is 11.8 Å². The lowest BCUT2D eigenvalue weighted by molar-refractivity contribution is -0.141. The number of hydrogen-bond acceptors (Lipinski definition) is 8. The van der Waals surface area contributed by atoms with Gasteiger partial charge in [0.2, 0.25) is 12.5 Å². The van der Waals surface area contributed by atoms with Crippen molar-refractivity contribution >= 4 is 5.97 Å². The Labute approximate surface area is 212 Å². The molecule has 0 saturated carbocycles. The van der Waals surface area contributed by atoms with E-state index in [0.29, 0.717) is 18.0 Å². The first-order valence-corrected chi connectivity index (χ1v) is 12.0. The Morgan fingerprint density at radius 2 is 1.70 bits per heavy atom. The van der Waals surface area contributed by atoms with Crippen LogP contribution in [0.25, 0.3) is 0 Å². The van der Waals surface area contributed by atoms with Gasteiger partial charge in [-0.05, 0) is 58.7 Å². The van der Waals surface area contributed by atoms with E-state index < -0.39 is 11.8 Å². The number of aromatic hydroxyl groups is 1. The van der Waals surface area contributed by atoms with Crippen molar-refractivity contribution in [1.82, 2.24) is 5.32 Å². The largest absolute Gasteiger partial charge is 0.502 e. The summed E-state index contributed by atoms with van der Waals surface area (Å²) in [4.78, 5) is 13.2. The van der Waals surface area contributed by atoms with Crippen molar-refractivity contribution in [2.45, 2.75) is 18.5 Å². The fraction of sp³-hybridized carbons (Fsp3) is 0.321. The highest BCUT2D eigenvalue weighted by Crippen LogP contribution is 2.55. The maximum absolute atomic E-state index is 13.8. The van der Waals surface area contributed by atoms with E-state index in [1.165, 1.54) is 26.4 Å². The van der Waals surface area contributed by atoms with Crippen LogP contribution >= 0.6 is 0 Å². The zero-order valence-electron chi connectivity index (χ0n) is 20.3. The molecule has 0 unspecified atom stereocenters. The van der Waals surface area contributed by atoms with Crippen LogP contribution in [0.3, 0.4) is 0 Å². The molecule has 3 aromatic carbocycles. The van der Waals surface area contributed by atoms with E-state index in [2.05, 4.69) is 5.32 Å². The summed E-state index contributed by atoms with van der Waals surface area (Å²) < 4.78 is 41.6. The quantitative estimate of drug-likeness (QED) is 0.483. The Kier molecular flexibility index (Phi) is 5.79. The Balaban J connectivity index is 1.49. The van der Waals surface area contributed by atoms with Gasteiger partial charge in [0.15, 0.2) is 23.0 Å². The monoisotopic (exact) mass is 507 g/mol. The Morgan fingerprint density at radius 1 is 1.00 bits per heavy atom. The van der Waals surface area contributed by atoms with Gasteiger partial charge in [-0.25, -0.2) is 4.39 Å². The topological polar surface area (TPSA) is 95.5 Å². The van der Waals surface area contributed by atoms with Crippen LogP contribution in [0.4, 0.5) is 4.39 Å². The summed E-state index contributed by atoms with van der Waals surface area (Å²) in [6, 6.07) is 13.5. The molecule has 192 valence electrons. The number of benzene rings is 3. The molecule has 3 aromatic rings. The molecule has 37 heavy (non-hydrogen) atoms. The second-order valence-corrected chi connectivity index (χ2v) is 9.39. The SMILES string of the molecule is COc1cc([C@@H]2c3cc4c(cc3[C@@H](NCc3cccc(F)c3)[C@H]3COC(=O)[C@H]23)OCO4)cc(OC)c1O. The number of fused-ring (bicyclic) bond motifs is 3. The van der Waals surface area contributed by atoms with Crippen LogP contribution in [0.15, 0.2) is 48.5 Å². The van der Waals surface area contributed by atoms with Crippen molar-refractivity contribution in [3.05, 3.63) is 76.6 Å².